The minimum atomic E-state index is 0.000160. The molecule has 0 unspecified atom stereocenters. The largest absolute Gasteiger partial charge is 0.334 e. The van der Waals surface area contributed by atoms with Gasteiger partial charge in [0, 0.05) is 29.2 Å². The Balaban J connectivity index is 0.000000166. The van der Waals surface area contributed by atoms with Crippen molar-refractivity contribution in [2.45, 2.75) is 39.8 Å². The third-order valence-corrected chi connectivity index (χ3v) is 6.30. The number of carbonyl (C=O) groups is 1. The SMILES string of the molecule is C=CC(=O)N1CCc2cc(Cl)sc2C1.CCc1c(-c2ccccc2)cnn1CC. The van der Waals surface area contributed by atoms with Crippen molar-refractivity contribution in [2.75, 3.05) is 6.54 Å². The summed E-state index contributed by atoms with van der Waals surface area (Å²) in [6.07, 6.45) is 5.26. The number of benzene rings is 1. The van der Waals surface area contributed by atoms with Gasteiger partial charge in [-0.05, 0) is 43.0 Å². The van der Waals surface area contributed by atoms with Crippen LogP contribution in [0, 0.1) is 0 Å². The Morgan fingerprint density at radius 1 is 1.31 bits per heavy atom. The molecule has 0 N–H and O–H groups in total. The first-order valence-corrected chi connectivity index (χ1v) is 11.0. The second-order valence-corrected chi connectivity index (χ2v) is 8.52. The topological polar surface area (TPSA) is 38.1 Å². The molecule has 0 bridgehead atoms. The molecule has 0 aliphatic carbocycles. The molecule has 6 heteroatoms. The molecule has 0 radical (unpaired) electrons. The highest BCUT2D eigenvalue weighted by atomic mass is 35.5. The molecule has 0 saturated carbocycles. The third-order valence-electron chi connectivity index (χ3n) is 5.01. The van der Waals surface area contributed by atoms with Gasteiger partial charge in [-0.3, -0.25) is 9.48 Å². The van der Waals surface area contributed by atoms with Crippen LogP contribution in [0.4, 0.5) is 0 Å². The summed E-state index contributed by atoms with van der Waals surface area (Å²) in [5.41, 5.74) is 5.13. The second-order valence-electron chi connectivity index (χ2n) is 6.75. The first-order valence-electron chi connectivity index (χ1n) is 9.85. The maximum absolute atomic E-state index is 11.4. The van der Waals surface area contributed by atoms with Crippen molar-refractivity contribution >= 4 is 28.8 Å². The van der Waals surface area contributed by atoms with Gasteiger partial charge in [-0.2, -0.15) is 5.10 Å². The number of fused-ring (bicyclic) bond motifs is 1. The zero-order valence-corrected chi connectivity index (χ0v) is 18.5. The number of hydrogen-bond acceptors (Lipinski definition) is 3. The molecule has 3 aromatic rings. The molecule has 4 nitrogen and oxygen atoms in total. The van der Waals surface area contributed by atoms with Gasteiger partial charge in [-0.15, -0.1) is 11.3 Å². The van der Waals surface area contributed by atoms with Gasteiger partial charge >= 0.3 is 0 Å². The molecule has 0 spiro atoms. The summed E-state index contributed by atoms with van der Waals surface area (Å²) < 4.78 is 2.88. The van der Waals surface area contributed by atoms with Crippen LogP contribution >= 0.6 is 22.9 Å². The minimum Gasteiger partial charge on any atom is -0.334 e. The highest BCUT2D eigenvalue weighted by molar-refractivity contribution is 7.16. The lowest BCUT2D eigenvalue weighted by Crippen LogP contribution is -2.33. The van der Waals surface area contributed by atoms with Crippen molar-refractivity contribution in [2.24, 2.45) is 0 Å². The van der Waals surface area contributed by atoms with Crippen molar-refractivity contribution in [3.8, 4) is 11.1 Å². The zero-order chi connectivity index (χ0) is 20.8. The summed E-state index contributed by atoms with van der Waals surface area (Å²) in [5, 5.41) is 4.40. The lowest BCUT2D eigenvalue weighted by Gasteiger charge is -2.25. The van der Waals surface area contributed by atoms with Crippen molar-refractivity contribution in [1.29, 1.82) is 0 Å². The summed E-state index contributed by atoms with van der Waals surface area (Å²) in [4.78, 5) is 14.4. The van der Waals surface area contributed by atoms with Gasteiger partial charge in [-0.1, -0.05) is 55.4 Å². The summed E-state index contributed by atoms with van der Waals surface area (Å²) >= 11 is 7.47. The number of aryl methyl sites for hydroxylation is 1. The molecule has 4 rings (SSSR count). The van der Waals surface area contributed by atoms with Crippen LogP contribution in [0.25, 0.3) is 11.1 Å². The van der Waals surface area contributed by atoms with Crippen LogP contribution in [-0.2, 0) is 30.7 Å². The summed E-state index contributed by atoms with van der Waals surface area (Å²) in [6.45, 7) is 10.2. The molecule has 0 atom stereocenters. The number of nitrogens with zero attached hydrogens (tertiary/aromatic N) is 3. The predicted octanol–water partition coefficient (Wildman–Crippen LogP) is 5.60. The fraction of sp³-hybridized carbons (Fsp3) is 0.304. The average molecular weight is 428 g/mol. The number of carbonyl (C=O) groups excluding carboxylic acids is 1. The number of amides is 1. The fourth-order valence-electron chi connectivity index (χ4n) is 3.52. The van der Waals surface area contributed by atoms with Gasteiger partial charge in [0.2, 0.25) is 5.91 Å². The van der Waals surface area contributed by atoms with Crippen LogP contribution in [0.1, 0.15) is 30.0 Å². The van der Waals surface area contributed by atoms with Crippen LogP contribution in [-0.4, -0.2) is 27.1 Å². The standard InChI is InChI=1S/C13H16N2.C10H10ClNOS/c1-3-13-12(10-14-15(13)4-2)11-8-6-5-7-9-11;1-2-10(13)12-4-3-7-5-9(11)14-8(7)6-12/h5-10H,3-4H2,1-2H3;2,5H,1,3-4,6H2. The van der Waals surface area contributed by atoms with E-state index in [1.165, 1.54) is 33.3 Å². The maximum atomic E-state index is 11.4. The van der Waals surface area contributed by atoms with E-state index in [0.29, 0.717) is 6.54 Å². The molecule has 29 heavy (non-hydrogen) atoms. The molecule has 1 aliphatic rings. The highest BCUT2D eigenvalue weighted by Gasteiger charge is 2.20. The molecular weight excluding hydrogens is 402 g/mol. The monoisotopic (exact) mass is 427 g/mol. The fourth-order valence-corrected chi connectivity index (χ4v) is 4.88. The normalized spacial score (nSPS) is 12.7. The number of halogens is 1. The van der Waals surface area contributed by atoms with Crippen molar-refractivity contribution in [3.05, 3.63) is 75.7 Å². The Hall–Kier alpha value is -2.37. The number of thiophene rings is 1. The first kappa shape index (κ1) is 21.3. The minimum absolute atomic E-state index is 0.000160. The molecule has 0 saturated heterocycles. The van der Waals surface area contributed by atoms with Gasteiger partial charge in [0.25, 0.3) is 0 Å². The van der Waals surface area contributed by atoms with Crippen LogP contribution < -0.4 is 0 Å². The van der Waals surface area contributed by atoms with Crippen LogP contribution in [0.15, 0.2) is 55.3 Å². The molecule has 0 fully saturated rings. The van der Waals surface area contributed by atoms with E-state index in [4.69, 9.17) is 11.6 Å². The summed E-state index contributed by atoms with van der Waals surface area (Å²) in [7, 11) is 0. The third kappa shape index (κ3) is 4.98. The van der Waals surface area contributed by atoms with E-state index in [1.807, 2.05) is 18.3 Å². The molecule has 2 aromatic heterocycles. The lowest BCUT2D eigenvalue weighted by atomic mass is 10.1. The van der Waals surface area contributed by atoms with E-state index in [1.54, 1.807) is 16.2 Å². The molecular formula is C23H26ClN3OS. The van der Waals surface area contributed by atoms with E-state index in [0.717, 1.165) is 30.3 Å². The van der Waals surface area contributed by atoms with E-state index >= 15 is 0 Å². The van der Waals surface area contributed by atoms with Gasteiger partial charge < -0.3 is 4.90 Å². The predicted molar refractivity (Wildman–Crippen MR) is 121 cm³/mol. The highest BCUT2D eigenvalue weighted by Crippen LogP contribution is 2.31. The molecule has 3 heterocycles. The van der Waals surface area contributed by atoms with E-state index in [9.17, 15) is 4.79 Å². The average Bonchev–Trinajstić information content (AvgIpc) is 3.35. The molecule has 1 amide bonds. The Bertz CT molecular complexity index is 977. The van der Waals surface area contributed by atoms with Gasteiger partial charge in [0.05, 0.1) is 17.1 Å². The number of hydrogen-bond donors (Lipinski definition) is 0. The van der Waals surface area contributed by atoms with Crippen LogP contribution in [0.3, 0.4) is 0 Å². The van der Waals surface area contributed by atoms with E-state index < -0.39 is 0 Å². The lowest BCUT2D eigenvalue weighted by molar-refractivity contribution is -0.126. The molecule has 1 aliphatic heterocycles. The van der Waals surface area contributed by atoms with Gasteiger partial charge in [0.15, 0.2) is 0 Å². The van der Waals surface area contributed by atoms with Crippen LogP contribution in [0.2, 0.25) is 4.34 Å². The Morgan fingerprint density at radius 3 is 2.72 bits per heavy atom. The van der Waals surface area contributed by atoms with E-state index in [2.05, 4.69) is 54.5 Å². The van der Waals surface area contributed by atoms with Crippen molar-refractivity contribution < 1.29 is 4.79 Å². The summed E-state index contributed by atoms with van der Waals surface area (Å²) in [6, 6.07) is 12.4. The van der Waals surface area contributed by atoms with Gasteiger partial charge in [0.1, 0.15) is 0 Å². The molecule has 1 aromatic carbocycles. The quantitative estimate of drug-likeness (QED) is 0.508. The number of rotatable bonds is 4. The van der Waals surface area contributed by atoms with Crippen LogP contribution in [0.5, 0.6) is 0 Å². The smallest absolute Gasteiger partial charge is 0.246 e. The number of aromatic nitrogens is 2. The Kier molecular flexibility index (Phi) is 7.29. The van der Waals surface area contributed by atoms with Gasteiger partial charge in [-0.25, -0.2) is 0 Å². The first-order chi connectivity index (χ1) is 14.1. The van der Waals surface area contributed by atoms with Crippen molar-refractivity contribution in [1.82, 2.24) is 14.7 Å². The second kappa shape index (κ2) is 9.90. The summed E-state index contributed by atoms with van der Waals surface area (Å²) in [5.74, 6) is 0.000160. The zero-order valence-electron chi connectivity index (χ0n) is 16.9. The van der Waals surface area contributed by atoms with E-state index in [-0.39, 0.29) is 5.91 Å². The Morgan fingerprint density at radius 2 is 2.07 bits per heavy atom. The molecule has 152 valence electrons. The maximum Gasteiger partial charge on any atom is 0.246 e. The van der Waals surface area contributed by atoms with Crippen molar-refractivity contribution in [3.63, 3.8) is 0 Å². The Labute approximate surface area is 181 Å².